The van der Waals surface area contributed by atoms with Gasteiger partial charge in [-0.25, -0.2) is 0 Å². The van der Waals surface area contributed by atoms with E-state index in [1.165, 1.54) is 0 Å². The normalized spacial score (nSPS) is 10.6. The van der Waals surface area contributed by atoms with Crippen molar-refractivity contribution >= 4 is 11.6 Å². The summed E-state index contributed by atoms with van der Waals surface area (Å²) in [5.41, 5.74) is 0.891. The average Bonchev–Trinajstić information content (AvgIpc) is 2.42. The fourth-order valence-electron chi connectivity index (χ4n) is 1.75. The Hall–Kier alpha value is -1.55. The summed E-state index contributed by atoms with van der Waals surface area (Å²) in [5.74, 6) is 0.932. The minimum Gasteiger partial charge on any atom is -0.497 e. The number of rotatable bonds is 7. The number of anilines is 1. The standard InChI is InChI=1S/C15H24N2O2/c1-12(2)16-11-5-6-15(18)17(3)13-7-9-14(19-4)10-8-13/h7-10,12,16H,5-6,11H2,1-4H3. The lowest BCUT2D eigenvalue weighted by Gasteiger charge is -2.18. The molecular weight excluding hydrogens is 240 g/mol. The van der Waals surface area contributed by atoms with Gasteiger partial charge in [0.15, 0.2) is 0 Å². The summed E-state index contributed by atoms with van der Waals surface area (Å²) in [7, 11) is 3.44. The number of benzene rings is 1. The van der Waals surface area contributed by atoms with Gasteiger partial charge in [0.25, 0.3) is 0 Å². The summed E-state index contributed by atoms with van der Waals surface area (Å²) in [6, 6.07) is 7.97. The lowest BCUT2D eigenvalue weighted by atomic mass is 10.2. The fraction of sp³-hybridized carbons (Fsp3) is 0.533. The van der Waals surface area contributed by atoms with E-state index in [9.17, 15) is 4.79 Å². The average molecular weight is 264 g/mol. The molecule has 0 aromatic heterocycles. The monoisotopic (exact) mass is 264 g/mol. The van der Waals surface area contributed by atoms with E-state index in [4.69, 9.17) is 4.74 Å². The first kappa shape index (κ1) is 15.5. The molecule has 0 radical (unpaired) electrons. The highest BCUT2D eigenvalue weighted by molar-refractivity contribution is 5.92. The summed E-state index contributed by atoms with van der Waals surface area (Å²) in [6.45, 7) is 5.08. The molecule has 0 aliphatic carbocycles. The van der Waals surface area contributed by atoms with Crippen molar-refractivity contribution < 1.29 is 9.53 Å². The Kier molecular flexibility index (Phi) is 6.36. The van der Waals surface area contributed by atoms with Crippen LogP contribution < -0.4 is 15.0 Å². The molecule has 0 spiro atoms. The van der Waals surface area contributed by atoms with E-state index in [0.29, 0.717) is 12.5 Å². The van der Waals surface area contributed by atoms with Crippen LogP contribution in [0.5, 0.6) is 5.75 Å². The van der Waals surface area contributed by atoms with Crippen LogP contribution in [-0.4, -0.2) is 32.7 Å². The smallest absolute Gasteiger partial charge is 0.226 e. The van der Waals surface area contributed by atoms with Gasteiger partial charge in [0.1, 0.15) is 5.75 Å². The zero-order chi connectivity index (χ0) is 14.3. The minimum atomic E-state index is 0.135. The summed E-state index contributed by atoms with van der Waals surface area (Å²) in [6.07, 6.45) is 1.42. The van der Waals surface area contributed by atoms with E-state index in [0.717, 1.165) is 24.4 Å². The van der Waals surface area contributed by atoms with Crippen LogP contribution in [0.2, 0.25) is 0 Å². The van der Waals surface area contributed by atoms with E-state index in [1.54, 1.807) is 19.1 Å². The first-order valence-electron chi connectivity index (χ1n) is 6.68. The fourth-order valence-corrected chi connectivity index (χ4v) is 1.75. The van der Waals surface area contributed by atoms with Crippen molar-refractivity contribution in [3.63, 3.8) is 0 Å². The highest BCUT2D eigenvalue weighted by atomic mass is 16.5. The molecule has 0 saturated heterocycles. The maximum absolute atomic E-state index is 12.0. The molecule has 0 atom stereocenters. The summed E-state index contributed by atoms with van der Waals surface area (Å²) in [5, 5.41) is 3.31. The van der Waals surface area contributed by atoms with Crippen molar-refractivity contribution in [3.8, 4) is 5.75 Å². The predicted molar refractivity (Wildman–Crippen MR) is 78.8 cm³/mol. The molecule has 0 bridgehead atoms. The Labute approximate surface area is 115 Å². The molecule has 0 saturated carbocycles. The van der Waals surface area contributed by atoms with Crippen molar-refractivity contribution in [2.24, 2.45) is 0 Å². The number of carbonyl (C=O) groups excluding carboxylic acids is 1. The van der Waals surface area contributed by atoms with Crippen LogP contribution >= 0.6 is 0 Å². The number of carbonyl (C=O) groups is 1. The van der Waals surface area contributed by atoms with Crippen molar-refractivity contribution in [1.29, 1.82) is 0 Å². The van der Waals surface area contributed by atoms with Gasteiger partial charge in [-0.2, -0.15) is 0 Å². The largest absolute Gasteiger partial charge is 0.497 e. The van der Waals surface area contributed by atoms with Gasteiger partial charge in [0.05, 0.1) is 7.11 Å². The molecule has 0 fully saturated rings. The summed E-state index contributed by atoms with van der Waals surface area (Å²) >= 11 is 0. The predicted octanol–water partition coefficient (Wildman–Crippen LogP) is 2.44. The topological polar surface area (TPSA) is 41.6 Å². The summed E-state index contributed by atoms with van der Waals surface area (Å²) < 4.78 is 5.10. The number of ether oxygens (including phenoxy) is 1. The van der Waals surface area contributed by atoms with Crippen LogP contribution in [0.1, 0.15) is 26.7 Å². The molecule has 4 heteroatoms. The third kappa shape index (κ3) is 5.30. The van der Waals surface area contributed by atoms with E-state index in [1.807, 2.05) is 24.3 Å². The van der Waals surface area contributed by atoms with Crippen LogP contribution in [0, 0.1) is 0 Å². The third-order valence-electron chi connectivity index (χ3n) is 2.95. The van der Waals surface area contributed by atoms with Gasteiger partial charge in [0, 0.05) is 25.2 Å². The number of nitrogens with zero attached hydrogens (tertiary/aromatic N) is 1. The second-order valence-corrected chi connectivity index (χ2v) is 4.86. The highest BCUT2D eigenvalue weighted by Gasteiger charge is 2.10. The van der Waals surface area contributed by atoms with Crippen molar-refractivity contribution in [2.75, 3.05) is 25.6 Å². The van der Waals surface area contributed by atoms with Crippen LogP contribution in [0.25, 0.3) is 0 Å². The molecule has 4 nitrogen and oxygen atoms in total. The molecule has 0 aliphatic heterocycles. The first-order chi connectivity index (χ1) is 9.04. The van der Waals surface area contributed by atoms with Gasteiger partial charge in [0.2, 0.25) is 5.91 Å². The van der Waals surface area contributed by atoms with Crippen molar-refractivity contribution in [1.82, 2.24) is 5.32 Å². The third-order valence-corrected chi connectivity index (χ3v) is 2.95. The number of hydrogen-bond acceptors (Lipinski definition) is 3. The lowest BCUT2D eigenvalue weighted by molar-refractivity contribution is -0.118. The number of methoxy groups -OCH3 is 1. The maximum Gasteiger partial charge on any atom is 0.226 e. The van der Waals surface area contributed by atoms with Crippen LogP contribution in [0.15, 0.2) is 24.3 Å². The van der Waals surface area contributed by atoms with E-state index >= 15 is 0 Å². The maximum atomic E-state index is 12.0. The summed E-state index contributed by atoms with van der Waals surface area (Å²) in [4.78, 5) is 13.7. The van der Waals surface area contributed by atoms with Crippen LogP contribution in [0.4, 0.5) is 5.69 Å². The number of amides is 1. The van der Waals surface area contributed by atoms with Crippen LogP contribution in [-0.2, 0) is 4.79 Å². The second kappa shape index (κ2) is 7.79. The lowest BCUT2D eigenvalue weighted by Crippen LogP contribution is -2.28. The van der Waals surface area contributed by atoms with E-state index < -0.39 is 0 Å². The molecule has 19 heavy (non-hydrogen) atoms. The Bertz CT molecular complexity index is 388. The second-order valence-electron chi connectivity index (χ2n) is 4.86. The number of hydrogen-bond donors (Lipinski definition) is 1. The SMILES string of the molecule is COc1ccc(N(C)C(=O)CCCNC(C)C)cc1. The Morgan fingerprint density at radius 3 is 2.47 bits per heavy atom. The van der Waals surface area contributed by atoms with Crippen LogP contribution in [0.3, 0.4) is 0 Å². The van der Waals surface area contributed by atoms with Gasteiger partial charge in [-0.15, -0.1) is 0 Å². The Balaban J connectivity index is 2.42. The highest BCUT2D eigenvalue weighted by Crippen LogP contribution is 2.18. The van der Waals surface area contributed by atoms with Gasteiger partial charge in [-0.05, 0) is 37.2 Å². The number of nitrogens with one attached hydrogen (secondary N) is 1. The van der Waals surface area contributed by atoms with Crippen molar-refractivity contribution in [2.45, 2.75) is 32.7 Å². The van der Waals surface area contributed by atoms with Gasteiger partial charge in [-0.3, -0.25) is 4.79 Å². The molecule has 0 aliphatic rings. The first-order valence-corrected chi connectivity index (χ1v) is 6.68. The zero-order valence-corrected chi connectivity index (χ0v) is 12.3. The Morgan fingerprint density at radius 1 is 1.32 bits per heavy atom. The molecular formula is C15H24N2O2. The molecule has 106 valence electrons. The molecule has 1 rings (SSSR count). The van der Waals surface area contributed by atoms with E-state index in [-0.39, 0.29) is 5.91 Å². The quantitative estimate of drug-likeness (QED) is 0.769. The van der Waals surface area contributed by atoms with E-state index in [2.05, 4.69) is 19.2 Å². The molecule has 0 heterocycles. The molecule has 1 aromatic carbocycles. The zero-order valence-electron chi connectivity index (χ0n) is 12.3. The van der Waals surface area contributed by atoms with Gasteiger partial charge >= 0.3 is 0 Å². The minimum absolute atomic E-state index is 0.135. The van der Waals surface area contributed by atoms with Crippen molar-refractivity contribution in [3.05, 3.63) is 24.3 Å². The molecule has 1 aromatic rings. The van der Waals surface area contributed by atoms with Gasteiger partial charge < -0.3 is 15.0 Å². The Morgan fingerprint density at radius 2 is 1.95 bits per heavy atom. The molecule has 1 amide bonds. The van der Waals surface area contributed by atoms with Gasteiger partial charge in [-0.1, -0.05) is 13.8 Å². The molecule has 1 N–H and O–H groups in total. The molecule has 0 unspecified atom stereocenters.